The average molecular weight is 535 g/mol. The molecule has 1 aromatic heterocycles. The summed E-state index contributed by atoms with van der Waals surface area (Å²) in [7, 11) is 0. The number of primary amides is 1. The lowest BCUT2D eigenvalue weighted by molar-refractivity contribution is -0.118. The summed E-state index contributed by atoms with van der Waals surface area (Å²) in [6, 6.07) is 8.15. The van der Waals surface area contributed by atoms with E-state index in [9.17, 15) is 14.4 Å². The molecule has 1 aliphatic rings. The summed E-state index contributed by atoms with van der Waals surface area (Å²) in [6.45, 7) is 14.8. The van der Waals surface area contributed by atoms with E-state index in [-0.39, 0.29) is 12.0 Å². The Bertz CT molecular complexity index is 894. The van der Waals surface area contributed by atoms with Crippen molar-refractivity contribution in [2.75, 3.05) is 13.1 Å². The highest BCUT2D eigenvalue weighted by Gasteiger charge is 2.17. The maximum absolute atomic E-state index is 10.2. The number of amides is 3. The molecule has 1 fully saturated rings. The first kappa shape index (κ1) is 34.2. The van der Waals surface area contributed by atoms with Crippen LogP contribution in [0.1, 0.15) is 78.0 Å². The molecule has 0 spiro atoms. The number of aliphatic hydroxyl groups is 1. The third kappa shape index (κ3) is 17.3. The van der Waals surface area contributed by atoms with Crippen LogP contribution in [-0.4, -0.2) is 52.9 Å². The van der Waals surface area contributed by atoms with Gasteiger partial charge in [-0.05, 0) is 36.3 Å². The van der Waals surface area contributed by atoms with Gasteiger partial charge in [-0.15, -0.1) is 11.3 Å². The fourth-order valence-electron chi connectivity index (χ4n) is 2.73. The molecule has 4 N–H and O–H groups in total. The highest BCUT2D eigenvalue weighted by molar-refractivity contribution is 7.13. The zero-order chi connectivity index (χ0) is 28.3. The van der Waals surface area contributed by atoms with Gasteiger partial charge >= 0.3 is 0 Å². The quantitative estimate of drug-likeness (QED) is 0.424. The van der Waals surface area contributed by atoms with Crippen LogP contribution < -0.4 is 11.1 Å². The van der Waals surface area contributed by atoms with Gasteiger partial charge in [0, 0.05) is 26.1 Å². The standard InChI is InChI=1S/C12H12N2OS.C6H14.C5H9NO2.C5H11NO/c1-9-12(16-8-14-9)11-4-2-10(3-5-11)6-13-7-15;1-5-6(2,3)4;7-4-6-2-1-5(8)3-6;1-2-3-4-5(6)7/h2-5,7-8H,6H2,1H3,(H,13,15);5H2,1-4H3;4-5,8H,1-3H2;2-4H2,1H3,(H2,6,7). The number of nitrogens with two attached hydrogens (primary N) is 1. The Morgan fingerprint density at radius 1 is 1.24 bits per heavy atom. The summed E-state index contributed by atoms with van der Waals surface area (Å²) in [6.07, 6.45) is 5.72. The number of aliphatic hydroxyl groups excluding tert-OH is 1. The molecule has 208 valence electrons. The Labute approximate surface area is 226 Å². The number of nitrogens with one attached hydrogen (secondary N) is 1. The first-order valence-corrected chi connectivity index (χ1v) is 13.7. The summed E-state index contributed by atoms with van der Waals surface area (Å²) in [5.74, 6) is -0.193. The molecule has 8 nitrogen and oxygen atoms in total. The number of unbranched alkanes of at least 4 members (excludes halogenated alkanes) is 1. The molecule has 1 aromatic carbocycles. The minimum Gasteiger partial charge on any atom is -0.391 e. The van der Waals surface area contributed by atoms with E-state index >= 15 is 0 Å². The summed E-state index contributed by atoms with van der Waals surface area (Å²) >= 11 is 1.64. The molecule has 0 radical (unpaired) electrons. The topological polar surface area (TPSA) is 126 Å². The van der Waals surface area contributed by atoms with Gasteiger partial charge in [-0.2, -0.15) is 0 Å². The number of carbonyl (C=O) groups is 3. The second kappa shape index (κ2) is 19.3. The molecule has 2 heterocycles. The number of β-amino-alcohol motifs (C(OH)–C–C–N with tert-alkyl or cyclic N) is 1. The van der Waals surface area contributed by atoms with E-state index in [0.29, 0.717) is 37.9 Å². The zero-order valence-corrected chi connectivity index (χ0v) is 24.1. The van der Waals surface area contributed by atoms with Gasteiger partial charge in [-0.25, -0.2) is 4.98 Å². The van der Waals surface area contributed by atoms with Crippen molar-refractivity contribution in [3.63, 3.8) is 0 Å². The Balaban J connectivity index is 0.000000521. The SMILES string of the molecule is CCC(C)(C)C.CCCCC(N)=O.Cc1ncsc1-c1ccc(CNC=O)cc1.O=CN1CCC(O)C1. The number of aromatic nitrogens is 1. The van der Waals surface area contributed by atoms with Crippen molar-refractivity contribution >= 4 is 30.1 Å². The highest BCUT2D eigenvalue weighted by atomic mass is 32.1. The van der Waals surface area contributed by atoms with Gasteiger partial charge in [-0.1, -0.05) is 71.7 Å². The van der Waals surface area contributed by atoms with E-state index in [1.54, 1.807) is 16.2 Å². The Hall–Kier alpha value is -2.78. The van der Waals surface area contributed by atoms with Crippen molar-refractivity contribution < 1.29 is 19.5 Å². The summed E-state index contributed by atoms with van der Waals surface area (Å²) in [5, 5.41) is 11.5. The molecule has 9 heteroatoms. The second-order valence-electron chi connectivity index (χ2n) is 9.99. The number of nitrogens with zero attached hydrogens (tertiary/aromatic N) is 2. The van der Waals surface area contributed by atoms with Crippen LogP contribution in [-0.2, 0) is 20.9 Å². The van der Waals surface area contributed by atoms with Gasteiger partial charge in [0.05, 0.1) is 22.2 Å². The number of rotatable bonds is 8. The smallest absolute Gasteiger partial charge is 0.217 e. The number of aryl methyl sites for hydroxylation is 1. The minimum atomic E-state index is -0.278. The van der Waals surface area contributed by atoms with Crippen LogP contribution in [0.25, 0.3) is 10.4 Å². The predicted octanol–water partition coefficient (Wildman–Crippen LogP) is 4.68. The zero-order valence-electron chi connectivity index (χ0n) is 23.3. The maximum atomic E-state index is 10.2. The van der Waals surface area contributed by atoms with Crippen molar-refractivity contribution in [2.24, 2.45) is 11.1 Å². The lowest BCUT2D eigenvalue weighted by Gasteiger charge is -2.12. The van der Waals surface area contributed by atoms with Gasteiger partial charge in [0.15, 0.2) is 0 Å². The van der Waals surface area contributed by atoms with E-state index < -0.39 is 0 Å². The fraction of sp³-hybridized carbons (Fsp3) is 0.571. The number of hydrogen-bond donors (Lipinski definition) is 3. The maximum Gasteiger partial charge on any atom is 0.217 e. The molecular weight excluding hydrogens is 488 g/mol. The van der Waals surface area contributed by atoms with Gasteiger partial charge in [0.1, 0.15) is 0 Å². The van der Waals surface area contributed by atoms with Crippen LogP contribution in [0.2, 0.25) is 0 Å². The Morgan fingerprint density at radius 2 is 1.86 bits per heavy atom. The lowest BCUT2D eigenvalue weighted by atomic mass is 9.94. The number of hydrogen-bond acceptors (Lipinski definition) is 6. The molecule has 0 saturated carbocycles. The molecular formula is C28H46N4O4S. The van der Waals surface area contributed by atoms with Crippen molar-refractivity contribution in [1.82, 2.24) is 15.2 Å². The van der Waals surface area contributed by atoms with Gasteiger partial charge in [-0.3, -0.25) is 14.4 Å². The average Bonchev–Trinajstić information content (AvgIpc) is 3.50. The number of benzene rings is 1. The molecule has 0 aliphatic carbocycles. The summed E-state index contributed by atoms with van der Waals surface area (Å²) in [4.78, 5) is 37.1. The highest BCUT2D eigenvalue weighted by Crippen LogP contribution is 2.27. The second-order valence-corrected chi connectivity index (χ2v) is 10.8. The molecule has 1 aliphatic heterocycles. The summed E-state index contributed by atoms with van der Waals surface area (Å²) < 4.78 is 0. The largest absolute Gasteiger partial charge is 0.391 e. The first-order chi connectivity index (χ1) is 17.5. The number of likely N-dealkylation sites (tertiary alicyclic amines) is 1. The first-order valence-electron chi connectivity index (χ1n) is 12.8. The van der Waals surface area contributed by atoms with Crippen molar-refractivity contribution in [1.29, 1.82) is 0 Å². The third-order valence-electron chi connectivity index (χ3n) is 5.53. The van der Waals surface area contributed by atoms with Crippen molar-refractivity contribution in [3.05, 3.63) is 41.0 Å². The molecule has 37 heavy (non-hydrogen) atoms. The van der Waals surface area contributed by atoms with Crippen LogP contribution >= 0.6 is 11.3 Å². The molecule has 1 saturated heterocycles. The molecule has 2 aromatic rings. The molecule has 3 rings (SSSR count). The number of thiazole rings is 1. The van der Waals surface area contributed by atoms with Crippen LogP contribution in [0.15, 0.2) is 29.8 Å². The minimum absolute atomic E-state index is 0.193. The predicted molar refractivity (Wildman–Crippen MR) is 152 cm³/mol. The van der Waals surface area contributed by atoms with Crippen LogP contribution in [0.4, 0.5) is 0 Å². The van der Waals surface area contributed by atoms with E-state index in [4.69, 9.17) is 10.8 Å². The van der Waals surface area contributed by atoms with Crippen LogP contribution in [0, 0.1) is 12.3 Å². The Kier molecular flexibility index (Phi) is 17.9. The molecule has 1 atom stereocenters. The van der Waals surface area contributed by atoms with E-state index in [2.05, 4.69) is 50.1 Å². The van der Waals surface area contributed by atoms with Crippen molar-refractivity contribution in [2.45, 2.75) is 86.3 Å². The van der Waals surface area contributed by atoms with E-state index in [1.165, 1.54) is 16.9 Å². The summed E-state index contributed by atoms with van der Waals surface area (Å²) in [5.41, 5.74) is 10.6. The molecule has 3 amide bonds. The number of carbonyl (C=O) groups excluding carboxylic acids is 3. The molecule has 0 bridgehead atoms. The third-order valence-corrected chi connectivity index (χ3v) is 6.51. The van der Waals surface area contributed by atoms with Crippen molar-refractivity contribution in [3.8, 4) is 10.4 Å². The van der Waals surface area contributed by atoms with E-state index in [1.807, 2.05) is 31.5 Å². The van der Waals surface area contributed by atoms with Gasteiger partial charge in [0.2, 0.25) is 18.7 Å². The molecule has 1 unspecified atom stereocenters. The Morgan fingerprint density at radius 3 is 2.19 bits per heavy atom. The van der Waals surface area contributed by atoms with E-state index in [0.717, 1.165) is 36.9 Å². The van der Waals surface area contributed by atoms with Crippen LogP contribution in [0.3, 0.4) is 0 Å². The van der Waals surface area contributed by atoms with Gasteiger partial charge in [0.25, 0.3) is 0 Å². The van der Waals surface area contributed by atoms with Gasteiger partial charge < -0.3 is 21.1 Å². The normalized spacial score (nSPS) is 14.1. The lowest BCUT2D eigenvalue weighted by Crippen LogP contribution is -2.19. The fourth-order valence-corrected chi connectivity index (χ4v) is 3.54. The van der Waals surface area contributed by atoms with Crippen LogP contribution in [0.5, 0.6) is 0 Å². The monoisotopic (exact) mass is 534 g/mol.